The van der Waals surface area contributed by atoms with Gasteiger partial charge in [0.25, 0.3) is 0 Å². The van der Waals surface area contributed by atoms with Crippen molar-refractivity contribution in [2.45, 2.75) is 63.3 Å². The lowest BCUT2D eigenvalue weighted by Crippen LogP contribution is -2.44. The van der Waals surface area contributed by atoms with Crippen LogP contribution < -0.4 is 16.0 Å². The van der Waals surface area contributed by atoms with E-state index in [9.17, 15) is 4.79 Å². The van der Waals surface area contributed by atoms with Crippen molar-refractivity contribution >= 4 is 47.6 Å². The van der Waals surface area contributed by atoms with Crippen LogP contribution >= 0.6 is 35.7 Å². The number of thioether (sulfide) groups is 1. The number of carbonyl (C=O) groups excluding carboxylic acids is 1. The quantitative estimate of drug-likeness (QED) is 0.322. The van der Waals surface area contributed by atoms with Crippen molar-refractivity contribution in [1.82, 2.24) is 16.0 Å². The minimum atomic E-state index is 0. The Balaban J connectivity index is 0.00000441. The van der Waals surface area contributed by atoms with Crippen LogP contribution in [-0.4, -0.2) is 49.0 Å². The summed E-state index contributed by atoms with van der Waals surface area (Å²) in [7, 11) is 1.77. The van der Waals surface area contributed by atoms with Crippen LogP contribution in [0, 0.1) is 0 Å². The third kappa shape index (κ3) is 8.45. The van der Waals surface area contributed by atoms with Crippen molar-refractivity contribution in [3.05, 3.63) is 0 Å². The first-order valence-electron chi connectivity index (χ1n) is 7.88. The molecule has 1 aliphatic rings. The zero-order valence-electron chi connectivity index (χ0n) is 14.1. The summed E-state index contributed by atoms with van der Waals surface area (Å²) in [5, 5.41) is 10.4. The molecule has 3 atom stereocenters. The largest absolute Gasteiger partial charge is 0.356 e. The normalized spacial score (nSPS) is 22.6. The van der Waals surface area contributed by atoms with Gasteiger partial charge in [-0.25, -0.2) is 0 Å². The Hall–Kier alpha value is -0.180. The van der Waals surface area contributed by atoms with Gasteiger partial charge in [0.2, 0.25) is 5.91 Å². The Kier molecular flexibility index (Phi) is 12.2. The van der Waals surface area contributed by atoms with Gasteiger partial charge in [-0.3, -0.25) is 9.79 Å². The second-order valence-electron chi connectivity index (χ2n) is 5.64. The first kappa shape index (κ1) is 21.8. The van der Waals surface area contributed by atoms with E-state index in [2.05, 4.69) is 34.1 Å². The number of halogens is 1. The molecule has 22 heavy (non-hydrogen) atoms. The van der Waals surface area contributed by atoms with Crippen LogP contribution in [0.3, 0.4) is 0 Å². The number of rotatable bonds is 7. The zero-order valence-corrected chi connectivity index (χ0v) is 17.3. The van der Waals surface area contributed by atoms with Gasteiger partial charge in [0.15, 0.2) is 5.96 Å². The number of amides is 1. The van der Waals surface area contributed by atoms with E-state index in [0.717, 1.165) is 17.6 Å². The fourth-order valence-corrected chi connectivity index (χ4v) is 3.21. The third-order valence-corrected chi connectivity index (χ3v) is 5.04. The van der Waals surface area contributed by atoms with Gasteiger partial charge in [-0.2, -0.15) is 11.8 Å². The molecule has 0 spiro atoms. The van der Waals surface area contributed by atoms with E-state index in [1.165, 1.54) is 19.3 Å². The molecule has 7 heteroatoms. The summed E-state index contributed by atoms with van der Waals surface area (Å²) < 4.78 is 0. The number of guanidine groups is 1. The van der Waals surface area contributed by atoms with Crippen LogP contribution in [0.15, 0.2) is 4.99 Å². The van der Waals surface area contributed by atoms with Crippen LogP contribution in [0.4, 0.5) is 0 Å². The molecule has 1 aliphatic carbocycles. The van der Waals surface area contributed by atoms with Crippen molar-refractivity contribution in [2.24, 2.45) is 4.99 Å². The van der Waals surface area contributed by atoms with Gasteiger partial charge in [0.1, 0.15) is 0 Å². The van der Waals surface area contributed by atoms with Crippen LogP contribution in [0.5, 0.6) is 0 Å². The molecule has 3 N–H and O–H groups in total. The molecule has 0 radical (unpaired) electrons. The third-order valence-electron chi connectivity index (χ3n) is 3.95. The highest BCUT2D eigenvalue weighted by atomic mass is 127. The molecular weight excluding hydrogens is 411 g/mol. The molecule has 1 fully saturated rings. The fourth-order valence-electron chi connectivity index (χ4n) is 2.42. The van der Waals surface area contributed by atoms with Gasteiger partial charge in [-0.15, -0.1) is 24.0 Å². The predicted molar refractivity (Wildman–Crippen MR) is 107 cm³/mol. The SMILES string of the molecule is CCC(C)NC(=O)CCNC(=NC)NC1CCC(SC)C1.I. The summed E-state index contributed by atoms with van der Waals surface area (Å²) in [4.78, 5) is 15.9. The zero-order chi connectivity index (χ0) is 15.7. The summed E-state index contributed by atoms with van der Waals surface area (Å²) >= 11 is 1.95. The number of carbonyl (C=O) groups is 1. The molecule has 0 aromatic heterocycles. The number of aliphatic imine (C=N–C) groups is 1. The highest BCUT2D eigenvalue weighted by Gasteiger charge is 2.24. The molecular formula is C15H31IN4OS. The lowest BCUT2D eigenvalue weighted by Gasteiger charge is -2.17. The average Bonchev–Trinajstić information content (AvgIpc) is 2.93. The van der Waals surface area contributed by atoms with E-state index in [0.29, 0.717) is 19.0 Å². The summed E-state index contributed by atoms with van der Waals surface area (Å²) in [5.74, 6) is 0.897. The molecule has 1 saturated carbocycles. The molecule has 3 unspecified atom stereocenters. The van der Waals surface area contributed by atoms with Gasteiger partial charge < -0.3 is 16.0 Å². The molecule has 0 saturated heterocycles. The van der Waals surface area contributed by atoms with Gasteiger partial charge in [0, 0.05) is 37.3 Å². The Morgan fingerprint density at radius 2 is 2.14 bits per heavy atom. The maximum Gasteiger partial charge on any atom is 0.221 e. The number of hydrogen-bond donors (Lipinski definition) is 3. The Morgan fingerprint density at radius 3 is 2.68 bits per heavy atom. The monoisotopic (exact) mass is 442 g/mol. The highest BCUT2D eigenvalue weighted by molar-refractivity contribution is 14.0. The fraction of sp³-hybridized carbons (Fsp3) is 0.867. The van der Waals surface area contributed by atoms with Crippen molar-refractivity contribution in [2.75, 3.05) is 19.8 Å². The topological polar surface area (TPSA) is 65.5 Å². The second-order valence-corrected chi connectivity index (χ2v) is 6.78. The molecule has 0 aromatic rings. The molecule has 0 aromatic carbocycles. The Bertz CT molecular complexity index is 354. The molecule has 130 valence electrons. The van der Waals surface area contributed by atoms with Crippen LogP contribution in [0.2, 0.25) is 0 Å². The van der Waals surface area contributed by atoms with Crippen LogP contribution in [-0.2, 0) is 4.79 Å². The van der Waals surface area contributed by atoms with Gasteiger partial charge in [-0.1, -0.05) is 6.92 Å². The number of nitrogens with zero attached hydrogens (tertiary/aromatic N) is 1. The van der Waals surface area contributed by atoms with Gasteiger partial charge in [0.05, 0.1) is 0 Å². The Morgan fingerprint density at radius 1 is 1.41 bits per heavy atom. The van der Waals surface area contributed by atoms with E-state index in [4.69, 9.17) is 0 Å². The van der Waals surface area contributed by atoms with Crippen molar-refractivity contribution in [1.29, 1.82) is 0 Å². The summed E-state index contributed by atoms with van der Waals surface area (Å²) in [6.45, 7) is 4.70. The van der Waals surface area contributed by atoms with E-state index in [1.54, 1.807) is 7.05 Å². The maximum atomic E-state index is 11.7. The molecule has 1 amide bonds. The van der Waals surface area contributed by atoms with Gasteiger partial charge >= 0.3 is 0 Å². The molecule has 0 heterocycles. The van der Waals surface area contributed by atoms with Crippen molar-refractivity contribution in [3.8, 4) is 0 Å². The summed E-state index contributed by atoms with van der Waals surface area (Å²) in [6, 6.07) is 0.750. The second kappa shape index (κ2) is 12.3. The minimum absolute atomic E-state index is 0. The number of hydrogen-bond acceptors (Lipinski definition) is 3. The first-order chi connectivity index (χ1) is 10.1. The summed E-state index contributed by atoms with van der Waals surface area (Å²) in [5.41, 5.74) is 0. The molecule has 0 aliphatic heterocycles. The van der Waals surface area contributed by atoms with E-state index < -0.39 is 0 Å². The average molecular weight is 442 g/mol. The molecule has 5 nitrogen and oxygen atoms in total. The number of nitrogens with one attached hydrogen (secondary N) is 3. The smallest absolute Gasteiger partial charge is 0.221 e. The van der Waals surface area contributed by atoms with Crippen LogP contribution in [0.25, 0.3) is 0 Å². The van der Waals surface area contributed by atoms with Crippen LogP contribution in [0.1, 0.15) is 46.0 Å². The lowest BCUT2D eigenvalue weighted by molar-refractivity contribution is -0.121. The van der Waals surface area contributed by atoms with E-state index >= 15 is 0 Å². The minimum Gasteiger partial charge on any atom is -0.356 e. The molecule has 0 bridgehead atoms. The maximum absolute atomic E-state index is 11.7. The standard InChI is InChI=1S/C15H30N4OS.HI/c1-5-11(2)18-14(20)8-9-17-15(16-3)19-12-6-7-13(10-12)21-4;/h11-13H,5-10H2,1-4H3,(H,18,20)(H2,16,17,19);1H. The lowest BCUT2D eigenvalue weighted by atomic mass is 10.2. The Labute approximate surface area is 156 Å². The van der Waals surface area contributed by atoms with E-state index in [1.807, 2.05) is 18.7 Å². The molecule has 1 rings (SSSR count). The van der Waals surface area contributed by atoms with E-state index in [-0.39, 0.29) is 35.9 Å². The predicted octanol–water partition coefficient (Wildman–Crippen LogP) is 2.36. The highest BCUT2D eigenvalue weighted by Crippen LogP contribution is 2.27. The summed E-state index contributed by atoms with van der Waals surface area (Å²) in [6.07, 6.45) is 7.27. The van der Waals surface area contributed by atoms with Crippen molar-refractivity contribution in [3.63, 3.8) is 0 Å². The van der Waals surface area contributed by atoms with Gasteiger partial charge in [-0.05, 0) is 38.9 Å². The first-order valence-corrected chi connectivity index (χ1v) is 9.17. The van der Waals surface area contributed by atoms with Crippen molar-refractivity contribution < 1.29 is 4.79 Å².